The molecule has 5 aliphatic heterocycles. The van der Waals surface area contributed by atoms with Crippen LogP contribution in [-0.2, 0) is 42.6 Å². The van der Waals surface area contributed by atoms with E-state index in [1.807, 2.05) is 0 Å². The molecule has 0 bridgehead atoms. The first kappa shape index (κ1) is 56.2. The van der Waals surface area contributed by atoms with Gasteiger partial charge in [0.25, 0.3) is 0 Å². The van der Waals surface area contributed by atoms with E-state index < -0.39 is 142 Å². The number of aliphatic hydroxyl groups excluding tert-OH is 13. The van der Waals surface area contributed by atoms with Gasteiger partial charge in [-0.2, -0.15) is 0 Å². The highest BCUT2D eigenvalue weighted by Crippen LogP contribution is 2.69. The molecule has 3 saturated carbocycles. The smallest absolute Gasteiger partial charge is 0.187 e. The Bertz CT molecular complexity index is 1940. The average molecular weight is 1050 g/mol. The molecule has 4 aliphatic carbocycles. The Hall–Kier alpha value is -1.56. The largest absolute Gasteiger partial charge is 0.494 e. The van der Waals surface area contributed by atoms with Crippen molar-refractivity contribution < 1.29 is 109 Å². The lowest BCUT2D eigenvalue weighted by Gasteiger charge is -2.58. The Morgan fingerprint density at radius 3 is 1.88 bits per heavy atom. The molecule has 418 valence electrons. The fourth-order valence-corrected chi connectivity index (χ4v) is 14.5. The van der Waals surface area contributed by atoms with Crippen molar-refractivity contribution >= 4 is 0 Å². The molecule has 0 unspecified atom stereocenters. The van der Waals surface area contributed by atoms with Gasteiger partial charge in [0.1, 0.15) is 91.6 Å². The molecule has 0 aromatic heterocycles. The van der Waals surface area contributed by atoms with E-state index in [-0.39, 0.29) is 42.0 Å². The number of rotatable bonds is 15. The van der Waals surface area contributed by atoms with Gasteiger partial charge in [-0.15, -0.1) is 0 Å². The van der Waals surface area contributed by atoms with Crippen molar-refractivity contribution in [1.29, 1.82) is 0 Å². The molecule has 7 fully saturated rings. The van der Waals surface area contributed by atoms with Crippen LogP contribution in [0.4, 0.5) is 0 Å². The first-order valence-corrected chi connectivity index (χ1v) is 26.5. The standard InChI is InChI=1S/C51H82O22/c1-20-29(9-6-23(16-52)19-65-46-40(61)39(60)36(57)31(17-53)70-46)69-30-15-28-26-8-7-24-14-25(10-12-50(24,4)27(26)11-13-51(28,5)33(20)30)68-49-45(73-48-42(63)38(59)35(56)22(3)67-48)43(64)44(32(18-54)71-49)72-47-41(62)37(58)34(55)21(2)66-47/h7,21-23,25-28,30-49,52-64H,6,8-19H2,1-5H3/t21-,22-,23-,25-,26+,27-,28-,30-,31+,32+,33-,34-,35-,36+,37+,38+,39-,40+,41+,42+,43-,44+,45+,46+,47-,48-,49+,50-,51-/m0/s1. The van der Waals surface area contributed by atoms with Crippen LogP contribution in [-0.4, -0.2) is 228 Å². The van der Waals surface area contributed by atoms with E-state index in [0.29, 0.717) is 43.4 Å². The van der Waals surface area contributed by atoms with Gasteiger partial charge in [-0.1, -0.05) is 25.5 Å². The summed E-state index contributed by atoms with van der Waals surface area (Å²) in [5, 5.41) is 137. The summed E-state index contributed by atoms with van der Waals surface area (Å²) in [5.41, 5.74) is 2.42. The highest BCUT2D eigenvalue weighted by Gasteiger charge is 2.64. The second-order valence-electron chi connectivity index (χ2n) is 23.2. The molecule has 9 rings (SSSR count). The van der Waals surface area contributed by atoms with Gasteiger partial charge in [0.05, 0.1) is 43.9 Å². The zero-order valence-corrected chi connectivity index (χ0v) is 42.3. The molecule has 9 aliphatic rings. The van der Waals surface area contributed by atoms with Crippen molar-refractivity contribution in [1.82, 2.24) is 0 Å². The third kappa shape index (κ3) is 10.2. The minimum atomic E-state index is -1.75. The van der Waals surface area contributed by atoms with Gasteiger partial charge in [0, 0.05) is 24.9 Å². The Morgan fingerprint density at radius 2 is 1.25 bits per heavy atom. The summed E-state index contributed by atoms with van der Waals surface area (Å²) in [6.07, 6.45) is -20.0. The van der Waals surface area contributed by atoms with Crippen molar-refractivity contribution in [2.24, 2.45) is 40.4 Å². The molecule has 0 amide bonds. The second-order valence-corrected chi connectivity index (χ2v) is 23.2. The van der Waals surface area contributed by atoms with E-state index >= 15 is 0 Å². The third-order valence-corrected chi connectivity index (χ3v) is 19.0. The number of hydrogen-bond donors (Lipinski definition) is 13. The Balaban J connectivity index is 0.854. The van der Waals surface area contributed by atoms with Gasteiger partial charge in [-0.3, -0.25) is 0 Å². The first-order chi connectivity index (χ1) is 34.6. The summed E-state index contributed by atoms with van der Waals surface area (Å²) in [5.74, 6) is 2.14. The normalized spacial score (nSPS) is 52.4. The van der Waals surface area contributed by atoms with Crippen molar-refractivity contribution in [3.63, 3.8) is 0 Å². The van der Waals surface area contributed by atoms with Gasteiger partial charge in [0.15, 0.2) is 25.2 Å². The van der Waals surface area contributed by atoms with E-state index in [1.165, 1.54) is 25.0 Å². The Labute approximate surface area is 425 Å². The molecule has 0 spiro atoms. The summed E-state index contributed by atoms with van der Waals surface area (Å²) < 4.78 is 54.7. The second kappa shape index (κ2) is 22.3. The number of hydrogen-bond acceptors (Lipinski definition) is 22. The maximum Gasteiger partial charge on any atom is 0.187 e. The molecule has 73 heavy (non-hydrogen) atoms. The van der Waals surface area contributed by atoms with Gasteiger partial charge < -0.3 is 109 Å². The lowest BCUT2D eigenvalue weighted by Crippen LogP contribution is -2.66. The van der Waals surface area contributed by atoms with Crippen LogP contribution < -0.4 is 0 Å². The number of fused-ring (bicyclic) bond motifs is 7. The van der Waals surface area contributed by atoms with E-state index in [9.17, 15) is 66.4 Å². The maximum absolute atomic E-state index is 12.0. The highest BCUT2D eigenvalue weighted by atomic mass is 16.8. The molecule has 0 aromatic carbocycles. The fourth-order valence-electron chi connectivity index (χ4n) is 14.5. The molecule has 22 heteroatoms. The van der Waals surface area contributed by atoms with Crippen LogP contribution in [0.3, 0.4) is 0 Å². The summed E-state index contributed by atoms with van der Waals surface area (Å²) >= 11 is 0. The number of allylic oxidation sites excluding steroid dienone is 2. The van der Waals surface area contributed by atoms with Gasteiger partial charge >= 0.3 is 0 Å². The van der Waals surface area contributed by atoms with Gasteiger partial charge in [-0.05, 0) is 106 Å². The third-order valence-electron chi connectivity index (χ3n) is 19.0. The van der Waals surface area contributed by atoms with Crippen LogP contribution in [0, 0.1) is 40.4 Å². The average Bonchev–Trinajstić information content (AvgIpc) is 3.86. The zero-order chi connectivity index (χ0) is 52.6. The fraction of sp³-hybridized carbons (Fsp3) is 0.922. The van der Waals surface area contributed by atoms with Crippen molar-refractivity contribution in [2.75, 3.05) is 26.4 Å². The van der Waals surface area contributed by atoms with Crippen LogP contribution in [0.2, 0.25) is 0 Å². The minimum absolute atomic E-state index is 0.0172. The van der Waals surface area contributed by atoms with Crippen LogP contribution >= 0.6 is 0 Å². The quantitative estimate of drug-likeness (QED) is 0.0785. The Kier molecular flexibility index (Phi) is 17.2. The molecule has 0 radical (unpaired) electrons. The Morgan fingerprint density at radius 1 is 0.644 bits per heavy atom. The van der Waals surface area contributed by atoms with E-state index in [4.69, 9.17) is 42.6 Å². The minimum Gasteiger partial charge on any atom is -0.494 e. The monoisotopic (exact) mass is 1050 g/mol. The SMILES string of the molecule is CC1=C(CC[C@@H](CO)CO[C@@H]2O[C@H](CO)[C@@H](O)[C@H](O)[C@H]2O)O[C@H]2C[C@H]3[C@@H]4CC=C5C[C@@H](O[C@@H]6O[C@H](CO)[C@@H](O[C@@H]7O[C@@H](C)[C@H](O)[C@@H](O)[C@H]7O)[C@H](O)[C@H]6O[C@@H]6O[C@@H](C)[C@H](O)[C@@H](O)[C@H]6O)CC[C@]5(C)[C@H]4CC[C@]3(C)[C@@H]12. The van der Waals surface area contributed by atoms with Crippen LogP contribution in [0.25, 0.3) is 0 Å². The molecule has 0 aromatic rings. The maximum atomic E-state index is 12.0. The van der Waals surface area contributed by atoms with E-state index in [0.717, 1.165) is 37.9 Å². The number of aliphatic hydroxyl groups is 13. The van der Waals surface area contributed by atoms with Crippen LogP contribution in [0.1, 0.15) is 92.4 Å². The molecule has 22 nitrogen and oxygen atoms in total. The summed E-state index contributed by atoms with van der Waals surface area (Å²) in [4.78, 5) is 0. The van der Waals surface area contributed by atoms with Gasteiger partial charge in [0.2, 0.25) is 0 Å². The molecular formula is C51H82O22. The summed E-state index contributed by atoms with van der Waals surface area (Å²) in [6.45, 7) is 8.51. The lowest BCUT2D eigenvalue weighted by atomic mass is 9.47. The molecule has 13 N–H and O–H groups in total. The topological polar surface area (TPSA) is 346 Å². The predicted octanol–water partition coefficient (Wildman–Crippen LogP) is -2.06. The molecular weight excluding hydrogens is 965 g/mol. The van der Waals surface area contributed by atoms with E-state index in [2.05, 4.69) is 26.8 Å². The molecule has 4 saturated heterocycles. The molecule has 5 heterocycles. The van der Waals surface area contributed by atoms with Crippen LogP contribution in [0.5, 0.6) is 0 Å². The zero-order valence-electron chi connectivity index (χ0n) is 42.3. The first-order valence-electron chi connectivity index (χ1n) is 26.5. The van der Waals surface area contributed by atoms with E-state index in [1.54, 1.807) is 0 Å². The lowest BCUT2D eigenvalue weighted by molar-refractivity contribution is -0.388. The van der Waals surface area contributed by atoms with Crippen molar-refractivity contribution in [3.05, 3.63) is 23.0 Å². The van der Waals surface area contributed by atoms with Crippen molar-refractivity contribution in [2.45, 2.75) is 227 Å². The van der Waals surface area contributed by atoms with Crippen LogP contribution in [0.15, 0.2) is 23.0 Å². The van der Waals surface area contributed by atoms with Gasteiger partial charge in [-0.25, -0.2) is 0 Å². The molecule has 29 atom stereocenters. The predicted molar refractivity (Wildman–Crippen MR) is 249 cm³/mol. The summed E-state index contributed by atoms with van der Waals surface area (Å²) in [7, 11) is 0. The summed E-state index contributed by atoms with van der Waals surface area (Å²) in [6, 6.07) is 0. The number of ether oxygens (including phenoxy) is 9. The highest BCUT2D eigenvalue weighted by molar-refractivity contribution is 5.30. The van der Waals surface area contributed by atoms with Crippen molar-refractivity contribution in [3.8, 4) is 0 Å².